The van der Waals surface area contributed by atoms with Crippen LogP contribution in [0, 0.1) is 13.8 Å². The number of hydrogen-bond donors (Lipinski definition) is 0. The molecule has 0 unspecified atom stereocenters. The predicted molar refractivity (Wildman–Crippen MR) is 128 cm³/mol. The van der Waals surface area contributed by atoms with Gasteiger partial charge in [0.25, 0.3) is 11.8 Å². The van der Waals surface area contributed by atoms with Crippen molar-refractivity contribution >= 4 is 39.6 Å². The van der Waals surface area contributed by atoms with E-state index >= 15 is 0 Å². The highest BCUT2D eigenvalue weighted by atomic mass is 16.7. The van der Waals surface area contributed by atoms with Crippen LogP contribution in [0.25, 0.3) is 27.5 Å². The van der Waals surface area contributed by atoms with Gasteiger partial charge in [0, 0.05) is 29.3 Å². The Morgan fingerprint density at radius 2 is 1.48 bits per heavy atom. The first-order valence-electron chi connectivity index (χ1n) is 11.1. The Morgan fingerprint density at radius 3 is 2.18 bits per heavy atom. The number of rotatable bonds is 3. The number of amides is 2. The van der Waals surface area contributed by atoms with E-state index in [4.69, 9.17) is 4.84 Å². The Bertz CT molecular complexity index is 1380. The van der Waals surface area contributed by atoms with Crippen molar-refractivity contribution in [1.82, 2.24) is 9.63 Å². The molecule has 1 saturated heterocycles. The third-order valence-corrected chi connectivity index (χ3v) is 5.68. The summed E-state index contributed by atoms with van der Waals surface area (Å²) in [5.41, 5.74) is 5.68. The topological polar surface area (TPSA) is 68.6 Å². The van der Waals surface area contributed by atoms with Gasteiger partial charge in [0.05, 0.1) is 16.6 Å². The first-order valence-corrected chi connectivity index (χ1v) is 11.1. The molecule has 0 radical (unpaired) electrons. The third-order valence-electron chi connectivity index (χ3n) is 5.68. The molecule has 0 spiro atoms. The van der Waals surface area contributed by atoms with Crippen LogP contribution in [0.15, 0.2) is 60.7 Å². The van der Waals surface area contributed by atoms with Gasteiger partial charge in [-0.3, -0.25) is 9.59 Å². The molecule has 3 aromatic carbocycles. The molecule has 33 heavy (non-hydrogen) atoms. The lowest BCUT2D eigenvalue weighted by Gasteiger charge is -2.13. The van der Waals surface area contributed by atoms with Gasteiger partial charge in [-0.15, -0.1) is 5.06 Å². The van der Waals surface area contributed by atoms with Crippen LogP contribution < -0.4 is 0 Å². The van der Waals surface area contributed by atoms with Gasteiger partial charge in [-0.1, -0.05) is 49.7 Å². The van der Waals surface area contributed by atoms with E-state index in [1.807, 2.05) is 44.2 Å². The molecule has 1 aliphatic heterocycles. The fourth-order valence-corrected chi connectivity index (χ4v) is 4.21. The maximum atomic E-state index is 12.7. The molecule has 4 aromatic rings. The van der Waals surface area contributed by atoms with Crippen LogP contribution in [-0.2, 0) is 14.4 Å². The summed E-state index contributed by atoms with van der Waals surface area (Å²) in [4.78, 5) is 41.3. The molecular formula is C27H26N2O4. The van der Waals surface area contributed by atoms with E-state index in [0.29, 0.717) is 5.06 Å². The number of para-hydroxylation sites is 1. The molecule has 0 bridgehead atoms. The fraction of sp³-hybridized carbons (Fsp3) is 0.222. The van der Waals surface area contributed by atoms with E-state index in [2.05, 4.69) is 36.6 Å². The third kappa shape index (κ3) is 3.89. The molecule has 1 fully saturated rings. The zero-order valence-electron chi connectivity index (χ0n) is 19.2. The number of benzene rings is 3. The molecule has 2 heterocycles. The van der Waals surface area contributed by atoms with E-state index in [9.17, 15) is 14.4 Å². The molecule has 0 saturated carbocycles. The quantitative estimate of drug-likeness (QED) is 0.385. The smallest absolute Gasteiger partial charge is 0.325 e. The van der Waals surface area contributed by atoms with E-state index in [0.717, 1.165) is 33.1 Å². The van der Waals surface area contributed by atoms with Crippen LogP contribution in [0.5, 0.6) is 0 Å². The highest BCUT2D eigenvalue weighted by Gasteiger charge is 2.33. The summed E-state index contributed by atoms with van der Waals surface area (Å²) in [6.07, 6.45) is 0.128. The molecule has 6 heteroatoms. The van der Waals surface area contributed by atoms with Crippen molar-refractivity contribution in [2.75, 3.05) is 0 Å². The van der Waals surface area contributed by atoms with Crippen LogP contribution >= 0.6 is 0 Å². The summed E-state index contributed by atoms with van der Waals surface area (Å²) in [7, 11) is 0. The number of fused-ring (bicyclic) bond motifs is 3. The van der Waals surface area contributed by atoms with Crippen molar-refractivity contribution in [2.45, 2.75) is 40.5 Å². The molecule has 2 amide bonds. The summed E-state index contributed by atoms with van der Waals surface area (Å²) < 4.78 is 2.18. The summed E-state index contributed by atoms with van der Waals surface area (Å²) >= 11 is 0. The Morgan fingerprint density at radius 1 is 0.818 bits per heavy atom. The summed E-state index contributed by atoms with van der Waals surface area (Å²) in [6.45, 7) is 8.15. The van der Waals surface area contributed by atoms with Crippen LogP contribution in [0.4, 0.5) is 0 Å². The van der Waals surface area contributed by atoms with Crippen molar-refractivity contribution in [3.63, 3.8) is 0 Å². The Hall–Kier alpha value is -3.93. The molecule has 1 aliphatic rings. The van der Waals surface area contributed by atoms with Crippen molar-refractivity contribution in [1.29, 1.82) is 0 Å². The van der Waals surface area contributed by atoms with Crippen LogP contribution in [0.2, 0.25) is 0 Å². The Balaban J connectivity index is 0.00000126. The second kappa shape index (κ2) is 8.90. The summed E-state index contributed by atoms with van der Waals surface area (Å²) in [5.74, 6) is -1.72. The first-order chi connectivity index (χ1) is 15.9. The largest absolute Gasteiger partial charge is 0.363 e. The van der Waals surface area contributed by atoms with Gasteiger partial charge >= 0.3 is 5.97 Å². The van der Waals surface area contributed by atoms with E-state index < -0.39 is 17.8 Å². The molecule has 6 nitrogen and oxygen atoms in total. The Kier molecular flexibility index (Phi) is 6.01. The van der Waals surface area contributed by atoms with E-state index in [1.54, 1.807) is 12.1 Å². The van der Waals surface area contributed by atoms with Crippen molar-refractivity contribution in [3.05, 3.63) is 77.4 Å². The highest BCUT2D eigenvalue weighted by Crippen LogP contribution is 2.34. The number of hydroxylamine groups is 2. The number of carbonyl (C=O) groups is 3. The lowest BCUT2D eigenvalue weighted by atomic mass is 10.1. The SMILES string of the molecule is CC.Cc1ccc(-n2c3ccccc3c3cc(C(=O)ON4C(=O)CCC4=O)ccc32)c(C)c1. The lowest BCUT2D eigenvalue weighted by Crippen LogP contribution is -2.32. The van der Waals surface area contributed by atoms with Gasteiger partial charge in [0.15, 0.2) is 0 Å². The second-order valence-electron chi connectivity index (χ2n) is 7.84. The minimum absolute atomic E-state index is 0.0640. The average molecular weight is 443 g/mol. The fourth-order valence-electron chi connectivity index (χ4n) is 4.21. The first kappa shape index (κ1) is 22.3. The lowest BCUT2D eigenvalue weighted by molar-refractivity contribution is -0.172. The number of imide groups is 1. The number of nitrogens with zero attached hydrogens (tertiary/aromatic N) is 2. The minimum atomic E-state index is -0.728. The summed E-state index contributed by atoms with van der Waals surface area (Å²) in [5, 5.41) is 2.47. The normalized spacial score (nSPS) is 13.4. The van der Waals surface area contributed by atoms with Crippen molar-refractivity contribution in [3.8, 4) is 5.69 Å². The van der Waals surface area contributed by atoms with Crippen molar-refractivity contribution < 1.29 is 19.2 Å². The zero-order valence-corrected chi connectivity index (χ0v) is 19.2. The van der Waals surface area contributed by atoms with E-state index in [-0.39, 0.29) is 18.4 Å². The summed E-state index contributed by atoms with van der Waals surface area (Å²) in [6, 6.07) is 19.6. The number of aromatic nitrogens is 1. The zero-order chi connectivity index (χ0) is 23.7. The maximum absolute atomic E-state index is 12.7. The standard InChI is InChI=1S/C25H20N2O4.C2H6/c1-15-7-9-20(16(2)13-15)26-21-6-4-3-5-18(21)19-14-17(8-10-22(19)26)25(30)31-27-23(28)11-12-24(27)29;1-2/h3-10,13-14H,11-12H2,1-2H3;1-2H3. The monoisotopic (exact) mass is 442 g/mol. The van der Waals surface area contributed by atoms with Crippen molar-refractivity contribution in [2.24, 2.45) is 0 Å². The predicted octanol–water partition coefficient (Wildman–Crippen LogP) is 5.65. The number of aryl methyl sites for hydroxylation is 2. The second-order valence-corrected chi connectivity index (χ2v) is 7.84. The van der Waals surface area contributed by atoms with Gasteiger partial charge in [-0.25, -0.2) is 4.79 Å². The molecule has 0 N–H and O–H groups in total. The van der Waals surface area contributed by atoms with Gasteiger partial charge < -0.3 is 9.40 Å². The minimum Gasteiger partial charge on any atom is -0.325 e. The van der Waals surface area contributed by atoms with Crippen LogP contribution in [-0.4, -0.2) is 27.4 Å². The van der Waals surface area contributed by atoms with Gasteiger partial charge in [-0.05, 0) is 49.7 Å². The van der Waals surface area contributed by atoms with Crippen LogP contribution in [0.1, 0.15) is 48.2 Å². The van der Waals surface area contributed by atoms with E-state index in [1.165, 1.54) is 5.56 Å². The molecule has 1 aromatic heterocycles. The molecule has 5 rings (SSSR count). The Labute approximate surface area is 192 Å². The molecular weight excluding hydrogens is 416 g/mol. The average Bonchev–Trinajstić information content (AvgIpc) is 3.32. The molecule has 0 atom stereocenters. The number of hydrogen-bond acceptors (Lipinski definition) is 4. The molecule has 0 aliphatic carbocycles. The maximum Gasteiger partial charge on any atom is 0.363 e. The van der Waals surface area contributed by atoms with Crippen LogP contribution in [0.3, 0.4) is 0 Å². The van der Waals surface area contributed by atoms with Gasteiger partial charge in [0.2, 0.25) is 0 Å². The van der Waals surface area contributed by atoms with Gasteiger partial charge in [-0.2, -0.15) is 0 Å². The van der Waals surface area contributed by atoms with Gasteiger partial charge in [0.1, 0.15) is 0 Å². The highest BCUT2D eigenvalue weighted by molar-refractivity contribution is 6.11. The molecule has 168 valence electrons. The number of carbonyl (C=O) groups excluding carboxylic acids is 3.